The van der Waals surface area contributed by atoms with Crippen LogP contribution in [0.15, 0.2) is 36.8 Å². The summed E-state index contributed by atoms with van der Waals surface area (Å²) in [4.78, 5) is 27.0. The van der Waals surface area contributed by atoms with Crippen LogP contribution in [0.5, 0.6) is 5.75 Å². The first-order chi connectivity index (χ1) is 18.2. The third-order valence-corrected chi connectivity index (χ3v) is 9.85. The average molecular weight is 521 g/mol. The first-order valence-electron chi connectivity index (χ1n) is 13.7. The Kier molecular flexibility index (Phi) is 7.14. The summed E-state index contributed by atoms with van der Waals surface area (Å²) in [6, 6.07) is 5.88. The van der Waals surface area contributed by atoms with Crippen molar-refractivity contribution in [2.45, 2.75) is 76.0 Å². The van der Waals surface area contributed by atoms with Gasteiger partial charge in [-0.05, 0) is 68.2 Å². The summed E-state index contributed by atoms with van der Waals surface area (Å²) >= 11 is 1.72. The summed E-state index contributed by atoms with van der Waals surface area (Å²) in [6.45, 7) is 6.59. The van der Waals surface area contributed by atoms with Crippen LogP contribution < -0.4 is 10.1 Å². The van der Waals surface area contributed by atoms with Gasteiger partial charge in [0, 0.05) is 48.6 Å². The summed E-state index contributed by atoms with van der Waals surface area (Å²) in [5, 5.41) is 4.19. The third kappa shape index (κ3) is 4.87. The Labute approximate surface area is 222 Å². The third-order valence-electron chi connectivity index (χ3n) is 8.68. The fourth-order valence-electron chi connectivity index (χ4n) is 6.57. The van der Waals surface area contributed by atoms with Gasteiger partial charge in [-0.3, -0.25) is 14.7 Å². The number of amides is 1. The Morgan fingerprint density at radius 1 is 1.22 bits per heavy atom. The fraction of sp³-hybridized carbons (Fsp3) is 0.552. The van der Waals surface area contributed by atoms with Crippen LogP contribution in [-0.2, 0) is 22.5 Å². The van der Waals surface area contributed by atoms with Crippen molar-refractivity contribution in [1.82, 2.24) is 20.2 Å². The van der Waals surface area contributed by atoms with Crippen molar-refractivity contribution in [3.05, 3.63) is 52.8 Å². The van der Waals surface area contributed by atoms with Gasteiger partial charge < -0.3 is 14.8 Å². The number of fused-ring (bicyclic) bond motifs is 3. The van der Waals surface area contributed by atoms with E-state index >= 15 is 0 Å². The van der Waals surface area contributed by atoms with Crippen molar-refractivity contribution < 1.29 is 14.3 Å². The number of aryl methyl sites for hydroxylation is 1. The molecular weight excluding hydrogens is 484 g/mol. The number of rotatable bonds is 7. The van der Waals surface area contributed by atoms with Crippen LogP contribution in [0.25, 0.3) is 10.2 Å². The molecule has 1 atom stereocenters. The molecule has 0 spiro atoms. The van der Waals surface area contributed by atoms with Gasteiger partial charge in [-0.15, -0.1) is 11.3 Å². The molecule has 1 amide bonds. The summed E-state index contributed by atoms with van der Waals surface area (Å²) in [5.41, 5.74) is 2.42. The van der Waals surface area contributed by atoms with Crippen molar-refractivity contribution in [1.29, 1.82) is 0 Å². The Morgan fingerprint density at radius 2 is 2.05 bits per heavy atom. The molecule has 8 heteroatoms. The number of carbonyl (C=O) groups is 1. The number of thiophene rings is 1. The Bertz CT molecular complexity index is 1230. The van der Waals surface area contributed by atoms with Gasteiger partial charge >= 0.3 is 0 Å². The van der Waals surface area contributed by atoms with Gasteiger partial charge in [-0.2, -0.15) is 0 Å². The zero-order valence-corrected chi connectivity index (χ0v) is 22.4. The molecule has 196 valence electrons. The normalized spacial score (nSPS) is 26.2. The van der Waals surface area contributed by atoms with E-state index in [1.807, 2.05) is 24.4 Å². The Morgan fingerprint density at radius 3 is 2.81 bits per heavy atom. The summed E-state index contributed by atoms with van der Waals surface area (Å²) < 4.78 is 12.3. The van der Waals surface area contributed by atoms with Gasteiger partial charge in [-0.1, -0.05) is 13.0 Å². The monoisotopic (exact) mass is 520 g/mol. The smallest absolute Gasteiger partial charge is 0.227 e. The van der Waals surface area contributed by atoms with E-state index in [-0.39, 0.29) is 23.5 Å². The second kappa shape index (κ2) is 10.7. The van der Waals surface area contributed by atoms with Crippen LogP contribution in [0.4, 0.5) is 0 Å². The summed E-state index contributed by atoms with van der Waals surface area (Å²) in [5.74, 6) is 0.815. The average Bonchev–Trinajstić information content (AvgIpc) is 3.53. The topological polar surface area (TPSA) is 76.6 Å². The lowest BCUT2D eigenvalue weighted by atomic mass is 9.77. The molecule has 3 aliphatic rings. The molecule has 4 heterocycles. The fourth-order valence-corrected chi connectivity index (χ4v) is 7.80. The SMILES string of the molecule is CCC1(N2CCOCC2)CCC(Oc2ccnc3sc4c(c23)[C@@H](C(=O)NCc2cccnc2)CC4)CC1. The molecule has 0 bridgehead atoms. The van der Waals surface area contributed by atoms with Gasteiger partial charge in [0.25, 0.3) is 0 Å². The number of morpholine rings is 1. The number of pyridine rings is 2. The number of nitrogens with zero attached hydrogens (tertiary/aromatic N) is 3. The van der Waals surface area contributed by atoms with Gasteiger partial charge in [0.2, 0.25) is 5.91 Å². The maximum absolute atomic E-state index is 13.3. The maximum Gasteiger partial charge on any atom is 0.227 e. The number of nitrogens with one attached hydrogen (secondary N) is 1. The molecule has 3 aromatic rings. The highest BCUT2D eigenvalue weighted by atomic mass is 32.1. The lowest BCUT2D eigenvalue weighted by Crippen LogP contribution is -2.55. The largest absolute Gasteiger partial charge is 0.490 e. The van der Waals surface area contributed by atoms with Crippen LogP contribution in [-0.4, -0.2) is 58.7 Å². The predicted molar refractivity (Wildman–Crippen MR) is 145 cm³/mol. The molecule has 1 saturated carbocycles. The molecule has 0 unspecified atom stereocenters. The number of aromatic nitrogens is 2. The van der Waals surface area contributed by atoms with Crippen molar-refractivity contribution in [2.24, 2.45) is 0 Å². The van der Waals surface area contributed by atoms with Crippen LogP contribution in [0.3, 0.4) is 0 Å². The second-order valence-corrected chi connectivity index (χ2v) is 11.7. The lowest BCUT2D eigenvalue weighted by Gasteiger charge is -2.49. The molecule has 1 N–H and O–H groups in total. The van der Waals surface area contributed by atoms with E-state index in [9.17, 15) is 4.79 Å². The minimum atomic E-state index is -0.160. The number of hydrogen-bond donors (Lipinski definition) is 1. The molecule has 3 aromatic heterocycles. The molecule has 2 fully saturated rings. The van der Waals surface area contributed by atoms with E-state index in [2.05, 4.69) is 27.1 Å². The zero-order chi connectivity index (χ0) is 25.2. The first kappa shape index (κ1) is 24.8. The van der Waals surface area contributed by atoms with Crippen molar-refractivity contribution in [3.63, 3.8) is 0 Å². The maximum atomic E-state index is 13.3. The van der Waals surface area contributed by atoms with Gasteiger partial charge in [0.05, 0.1) is 30.6 Å². The highest BCUT2D eigenvalue weighted by molar-refractivity contribution is 7.19. The van der Waals surface area contributed by atoms with Crippen molar-refractivity contribution in [3.8, 4) is 5.75 Å². The van der Waals surface area contributed by atoms with Crippen LogP contribution in [0, 0.1) is 0 Å². The van der Waals surface area contributed by atoms with Crippen molar-refractivity contribution in [2.75, 3.05) is 26.3 Å². The van der Waals surface area contributed by atoms with Crippen molar-refractivity contribution >= 4 is 27.5 Å². The molecular formula is C29H36N4O3S. The summed E-state index contributed by atoms with van der Waals surface area (Å²) in [6.07, 6.45) is 12.9. The van der Waals surface area contributed by atoms with E-state index in [1.165, 1.54) is 11.3 Å². The van der Waals surface area contributed by atoms with E-state index in [4.69, 9.17) is 9.47 Å². The molecule has 0 aromatic carbocycles. The first-order valence-corrected chi connectivity index (χ1v) is 14.5. The molecule has 1 aliphatic heterocycles. The van der Waals surface area contributed by atoms with E-state index < -0.39 is 0 Å². The van der Waals surface area contributed by atoms with E-state index in [0.717, 1.165) is 91.9 Å². The Balaban J connectivity index is 1.18. The van der Waals surface area contributed by atoms with Crippen LogP contribution >= 0.6 is 11.3 Å². The van der Waals surface area contributed by atoms with E-state index in [1.54, 1.807) is 23.7 Å². The number of hydrogen-bond acceptors (Lipinski definition) is 7. The molecule has 6 rings (SSSR count). The molecule has 37 heavy (non-hydrogen) atoms. The quantitative estimate of drug-likeness (QED) is 0.481. The van der Waals surface area contributed by atoms with Crippen LogP contribution in [0.1, 0.15) is 67.4 Å². The standard InChI is InChI=1S/C29H36N4O3S/c1-2-29(33-14-16-35-17-15-33)10-7-21(8-11-29)36-23-9-13-31-28-26(23)25-22(5-6-24(25)37-28)27(34)32-19-20-4-3-12-30-18-20/h3-4,9,12-13,18,21-22H,2,5-8,10-11,14-17,19H2,1H3,(H,32,34)/t21?,22-,29?/m0/s1. The molecule has 0 radical (unpaired) electrons. The number of ether oxygens (including phenoxy) is 2. The minimum Gasteiger partial charge on any atom is -0.490 e. The Hall–Kier alpha value is -2.55. The van der Waals surface area contributed by atoms with Gasteiger partial charge in [0.15, 0.2) is 0 Å². The van der Waals surface area contributed by atoms with Gasteiger partial charge in [0.1, 0.15) is 10.6 Å². The van der Waals surface area contributed by atoms with Gasteiger partial charge in [-0.25, -0.2) is 4.98 Å². The molecule has 1 saturated heterocycles. The lowest BCUT2D eigenvalue weighted by molar-refractivity contribution is -0.122. The minimum absolute atomic E-state index is 0.0769. The molecule has 2 aliphatic carbocycles. The highest BCUT2D eigenvalue weighted by Gasteiger charge is 2.40. The summed E-state index contributed by atoms with van der Waals surface area (Å²) in [7, 11) is 0. The zero-order valence-electron chi connectivity index (χ0n) is 21.6. The van der Waals surface area contributed by atoms with E-state index in [0.29, 0.717) is 6.54 Å². The van der Waals surface area contributed by atoms with Crippen LogP contribution in [0.2, 0.25) is 0 Å². The predicted octanol–water partition coefficient (Wildman–Crippen LogP) is 4.84. The highest BCUT2D eigenvalue weighted by Crippen LogP contribution is 2.47. The number of carbonyl (C=O) groups excluding carboxylic acids is 1. The molecule has 7 nitrogen and oxygen atoms in total. The second-order valence-electron chi connectivity index (χ2n) is 10.6.